The number of nitrogens with zero attached hydrogens (tertiary/aromatic N) is 1. The van der Waals surface area contributed by atoms with Gasteiger partial charge in [0.25, 0.3) is 0 Å². The monoisotopic (exact) mass is 344 g/mol. The summed E-state index contributed by atoms with van der Waals surface area (Å²) >= 11 is 0. The summed E-state index contributed by atoms with van der Waals surface area (Å²) in [5.41, 5.74) is 4.22. The van der Waals surface area contributed by atoms with Gasteiger partial charge < -0.3 is 4.84 Å². The first-order valence-corrected chi connectivity index (χ1v) is 10.0. The molecule has 0 bridgehead atoms. The number of hydrogen-bond donors (Lipinski definition) is 1. The SMILES string of the molecule is CONCCCCC#CCCCCCCCCCCc1cccnc1. The van der Waals surface area contributed by atoms with Crippen LogP contribution in [0.3, 0.4) is 0 Å². The first kappa shape index (κ1) is 21.7. The quantitative estimate of drug-likeness (QED) is 0.261. The second-order valence-corrected chi connectivity index (χ2v) is 6.60. The molecule has 0 saturated carbocycles. The summed E-state index contributed by atoms with van der Waals surface area (Å²) < 4.78 is 0. The third-order valence-corrected chi connectivity index (χ3v) is 4.34. The molecule has 1 aromatic heterocycles. The fraction of sp³-hybridized carbons (Fsp3) is 0.682. The van der Waals surface area contributed by atoms with Gasteiger partial charge in [-0.25, -0.2) is 5.48 Å². The Balaban J connectivity index is 1.76. The summed E-state index contributed by atoms with van der Waals surface area (Å²) in [6.45, 7) is 0.918. The van der Waals surface area contributed by atoms with Crippen molar-refractivity contribution in [1.82, 2.24) is 10.5 Å². The van der Waals surface area contributed by atoms with Crippen LogP contribution in [0.5, 0.6) is 0 Å². The van der Waals surface area contributed by atoms with E-state index in [9.17, 15) is 0 Å². The highest BCUT2D eigenvalue weighted by molar-refractivity contribution is 5.08. The van der Waals surface area contributed by atoms with Crippen LogP contribution >= 0.6 is 0 Å². The molecule has 0 amide bonds. The normalized spacial score (nSPS) is 10.4. The van der Waals surface area contributed by atoms with Crippen molar-refractivity contribution in [1.29, 1.82) is 0 Å². The van der Waals surface area contributed by atoms with Crippen molar-refractivity contribution in [2.45, 2.75) is 83.5 Å². The summed E-state index contributed by atoms with van der Waals surface area (Å²) in [4.78, 5) is 8.95. The van der Waals surface area contributed by atoms with Crippen LogP contribution in [-0.2, 0) is 11.3 Å². The van der Waals surface area contributed by atoms with E-state index in [1.165, 1.54) is 63.4 Å². The Kier molecular flexibility index (Phi) is 15.1. The Morgan fingerprint density at radius 2 is 1.52 bits per heavy atom. The third-order valence-electron chi connectivity index (χ3n) is 4.34. The maximum atomic E-state index is 4.79. The number of aromatic nitrogens is 1. The lowest BCUT2D eigenvalue weighted by Crippen LogP contribution is -2.12. The topological polar surface area (TPSA) is 34.1 Å². The minimum atomic E-state index is 0.918. The van der Waals surface area contributed by atoms with Crippen LogP contribution in [-0.4, -0.2) is 18.6 Å². The van der Waals surface area contributed by atoms with E-state index in [2.05, 4.69) is 28.4 Å². The van der Waals surface area contributed by atoms with Gasteiger partial charge in [-0.3, -0.25) is 4.98 Å². The molecular formula is C22H36N2O. The predicted molar refractivity (Wildman–Crippen MR) is 106 cm³/mol. The van der Waals surface area contributed by atoms with Crippen LogP contribution in [0.25, 0.3) is 0 Å². The second-order valence-electron chi connectivity index (χ2n) is 6.60. The molecule has 0 fully saturated rings. The molecule has 0 saturated heterocycles. The van der Waals surface area contributed by atoms with Gasteiger partial charge in [0.15, 0.2) is 0 Å². The first-order valence-electron chi connectivity index (χ1n) is 10.0. The van der Waals surface area contributed by atoms with Crippen molar-refractivity contribution in [3.8, 4) is 11.8 Å². The maximum absolute atomic E-state index is 4.79. The van der Waals surface area contributed by atoms with E-state index in [1.54, 1.807) is 7.11 Å². The van der Waals surface area contributed by atoms with Crippen molar-refractivity contribution < 1.29 is 4.84 Å². The summed E-state index contributed by atoms with van der Waals surface area (Å²) in [5.74, 6) is 6.58. The predicted octanol–water partition coefficient (Wildman–Crippen LogP) is 5.46. The van der Waals surface area contributed by atoms with Crippen LogP contribution in [0.4, 0.5) is 0 Å². The number of hydrogen-bond acceptors (Lipinski definition) is 3. The molecule has 0 aromatic carbocycles. The molecule has 3 nitrogen and oxygen atoms in total. The van der Waals surface area contributed by atoms with Gasteiger partial charge in [0, 0.05) is 31.8 Å². The van der Waals surface area contributed by atoms with E-state index < -0.39 is 0 Å². The highest BCUT2D eigenvalue weighted by Crippen LogP contribution is 2.11. The van der Waals surface area contributed by atoms with E-state index in [1.807, 2.05) is 18.5 Å². The summed E-state index contributed by atoms with van der Waals surface area (Å²) in [5, 5.41) is 0. The zero-order valence-corrected chi connectivity index (χ0v) is 16.1. The number of pyridine rings is 1. The van der Waals surface area contributed by atoms with Gasteiger partial charge in [-0.2, -0.15) is 0 Å². The van der Waals surface area contributed by atoms with E-state index in [0.717, 1.165) is 32.2 Å². The van der Waals surface area contributed by atoms with Crippen molar-refractivity contribution in [3.63, 3.8) is 0 Å². The van der Waals surface area contributed by atoms with E-state index >= 15 is 0 Å². The zero-order valence-electron chi connectivity index (χ0n) is 16.1. The Labute approximate surface area is 154 Å². The smallest absolute Gasteiger partial charge is 0.0572 e. The van der Waals surface area contributed by atoms with Crippen LogP contribution < -0.4 is 5.48 Å². The van der Waals surface area contributed by atoms with Gasteiger partial charge >= 0.3 is 0 Å². The first-order chi connectivity index (χ1) is 12.4. The fourth-order valence-electron chi connectivity index (χ4n) is 2.84. The van der Waals surface area contributed by atoms with Gasteiger partial charge in [0.2, 0.25) is 0 Å². The molecule has 0 atom stereocenters. The summed E-state index contributed by atoms with van der Waals surface area (Å²) in [7, 11) is 1.66. The van der Waals surface area contributed by atoms with Gasteiger partial charge in [0.1, 0.15) is 0 Å². The zero-order chi connectivity index (χ0) is 17.8. The molecule has 25 heavy (non-hydrogen) atoms. The molecule has 0 radical (unpaired) electrons. The lowest BCUT2D eigenvalue weighted by atomic mass is 10.0. The lowest BCUT2D eigenvalue weighted by molar-refractivity contribution is 0.0907. The Morgan fingerprint density at radius 3 is 2.16 bits per heavy atom. The van der Waals surface area contributed by atoms with E-state index in [4.69, 9.17) is 4.84 Å². The fourth-order valence-corrected chi connectivity index (χ4v) is 2.84. The highest BCUT2D eigenvalue weighted by atomic mass is 16.6. The van der Waals surface area contributed by atoms with Crippen LogP contribution in [0.2, 0.25) is 0 Å². The molecule has 0 aliphatic heterocycles. The standard InChI is InChI=1S/C22H36N2O/c1-25-24-20-15-13-11-9-7-5-3-2-4-6-8-10-12-14-17-22-18-16-19-23-21-22/h16,18-19,21,24H,2-6,8,10-15,17,20H2,1H3. The largest absolute Gasteiger partial charge is 0.305 e. The molecule has 1 heterocycles. The van der Waals surface area contributed by atoms with Crippen LogP contribution in [0, 0.1) is 11.8 Å². The highest BCUT2D eigenvalue weighted by Gasteiger charge is 1.94. The molecule has 0 aliphatic rings. The molecule has 3 heteroatoms. The molecule has 0 unspecified atom stereocenters. The second kappa shape index (κ2) is 17.5. The van der Waals surface area contributed by atoms with Gasteiger partial charge in [0.05, 0.1) is 7.11 Å². The van der Waals surface area contributed by atoms with Crippen molar-refractivity contribution in [2.75, 3.05) is 13.7 Å². The van der Waals surface area contributed by atoms with Crippen molar-refractivity contribution in [2.24, 2.45) is 0 Å². The molecular weight excluding hydrogens is 308 g/mol. The molecule has 1 N–H and O–H groups in total. The average molecular weight is 345 g/mol. The Hall–Kier alpha value is -1.37. The number of unbranched alkanes of at least 4 members (excludes halogenated alkanes) is 10. The summed E-state index contributed by atoms with van der Waals surface area (Å²) in [6, 6.07) is 4.20. The minimum Gasteiger partial charge on any atom is -0.305 e. The maximum Gasteiger partial charge on any atom is 0.0572 e. The van der Waals surface area contributed by atoms with Gasteiger partial charge in [-0.1, -0.05) is 44.6 Å². The third kappa shape index (κ3) is 14.7. The van der Waals surface area contributed by atoms with Crippen molar-refractivity contribution in [3.05, 3.63) is 30.1 Å². The number of hydroxylamine groups is 1. The van der Waals surface area contributed by atoms with Crippen LogP contribution in [0.1, 0.15) is 82.6 Å². The minimum absolute atomic E-state index is 0.918. The number of rotatable bonds is 15. The number of nitrogens with one attached hydrogen (secondary N) is 1. The molecule has 140 valence electrons. The van der Waals surface area contributed by atoms with Crippen molar-refractivity contribution >= 4 is 0 Å². The molecule has 0 spiro atoms. The van der Waals surface area contributed by atoms with Gasteiger partial charge in [-0.15, -0.1) is 11.8 Å². The molecule has 1 aromatic rings. The lowest BCUT2D eigenvalue weighted by Gasteiger charge is -2.02. The van der Waals surface area contributed by atoms with E-state index in [0.29, 0.717) is 0 Å². The average Bonchev–Trinajstić information content (AvgIpc) is 2.65. The van der Waals surface area contributed by atoms with E-state index in [-0.39, 0.29) is 0 Å². The molecule has 1 rings (SSSR count). The van der Waals surface area contributed by atoms with Gasteiger partial charge in [-0.05, 0) is 43.7 Å². The number of aryl methyl sites for hydroxylation is 1. The Bertz CT molecular complexity index is 450. The Morgan fingerprint density at radius 1 is 0.880 bits per heavy atom. The summed E-state index contributed by atoms with van der Waals surface area (Å²) in [6.07, 6.45) is 20.1. The molecule has 0 aliphatic carbocycles. The van der Waals surface area contributed by atoms with Crippen LogP contribution in [0.15, 0.2) is 24.5 Å².